The molecule has 3 aromatic heterocycles. The summed E-state index contributed by atoms with van der Waals surface area (Å²) >= 11 is 3.68. The van der Waals surface area contributed by atoms with Crippen molar-refractivity contribution in [3.05, 3.63) is 45.1 Å². The van der Waals surface area contributed by atoms with Crippen molar-refractivity contribution < 1.29 is 55.5 Å². The minimum atomic E-state index is -3.59. The third-order valence-corrected chi connectivity index (χ3v) is 12.2. The first kappa shape index (κ1) is 25.9. The number of alkyl halides is 4. The summed E-state index contributed by atoms with van der Waals surface area (Å²) in [6.07, 6.45) is 0. The third kappa shape index (κ3) is 2.79. The van der Waals surface area contributed by atoms with Gasteiger partial charge in [0.1, 0.15) is 0 Å². The number of fused-ring (bicyclic) bond motifs is 6. The van der Waals surface area contributed by atoms with Gasteiger partial charge in [0, 0.05) is 30.6 Å². The van der Waals surface area contributed by atoms with E-state index in [1.165, 1.54) is 11.3 Å². The maximum atomic E-state index is 15.9. The molecular formula is C26H20F4O8S3. The molecule has 0 atom stereocenters. The summed E-state index contributed by atoms with van der Waals surface area (Å²) in [7, 11) is 0. The average Bonchev–Trinajstić information content (AvgIpc) is 3.83. The second-order valence-electron chi connectivity index (χ2n) is 10.3. The molecule has 7 heterocycles. The average molecular weight is 633 g/mol. The van der Waals surface area contributed by atoms with Crippen LogP contribution in [0.2, 0.25) is 0 Å². The molecule has 2 aliphatic carbocycles. The zero-order valence-electron chi connectivity index (χ0n) is 21.0. The number of thiophene rings is 3. The van der Waals surface area contributed by atoms with Gasteiger partial charge in [-0.15, -0.1) is 34.0 Å². The Balaban J connectivity index is 1.13. The predicted molar refractivity (Wildman–Crippen MR) is 135 cm³/mol. The molecule has 0 aromatic carbocycles. The number of rotatable bonds is 2. The van der Waals surface area contributed by atoms with Gasteiger partial charge < -0.3 is 37.9 Å². The van der Waals surface area contributed by atoms with Crippen LogP contribution < -0.4 is 0 Å². The molecule has 0 N–H and O–H groups in total. The van der Waals surface area contributed by atoms with Crippen molar-refractivity contribution in [3.8, 4) is 19.5 Å². The minimum Gasteiger partial charge on any atom is -0.339 e. The van der Waals surface area contributed by atoms with Crippen LogP contribution in [0.4, 0.5) is 17.6 Å². The summed E-state index contributed by atoms with van der Waals surface area (Å²) in [5, 5.41) is 0. The summed E-state index contributed by atoms with van der Waals surface area (Å²) < 4.78 is 108. The molecule has 0 bridgehead atoms. The first-order valence-corrected chi connectivity index (χ1v) is 15.4. The quantitative estimate of drug-likeness (QED) is 0.353. The van der Waals surface area contributed by atoms with Crippen molar-refractivity contribution in [2.24, 2.45) is 0 Å². The SMILES string of the molecule is FC1(F)C2(OCCO2)c2cc(-c3ccc(-c4cc5c(s4)C4(OCCO4)C(F)(F)C54OCCO4)s3)sc2C12OCCO2. The highest BCUT2D eigenvalue weighted by atomic mass is 32.1. The summed E-state index contributed by atoms with van der Waals surface area (Å²) in [5.74, 6) is -16.3. The highest BCUT2D eigenvalue weighted by molar-refractivity contribution is 7.26. The Labute approximate surface area is 241 Å². The van der Waals surface area contributed by atoms with Crippen LogP contribution in [-0.2, 0) is 61.0 Å². The minimum absolute atomic E-state index is 0.0192. The number of hydrogen-bond acceptors (Lipinski definition) is 11. The molecule has 4 saturated heterocycles. The van der Waals surface area contributed by atoms with Gasteiger partial charge in [-0.3, -0.25) is 0 Å². The van der Waals surface area contributed by atoms with E-state index in [0.717, 1.165) is 32.4 Å². The Bertz CT molecular complexity index is 1360. The van der Waals surface area contributed by atoms with Crippen molar-refractivity contribution in [3.63, 3.8) is 0 Å². The van der Waals surface area contributed by atoms with Gasteiger partial charge in [-0.2, -0.15) is 17.6 Å². The van der Waals surface area contributed by atoms with Gasteiger partial charge in [-0.05, 0) is 24.3 Å². The largest absolute Gasteiger partial charge is 0.363 e. The van der Waals surface area contributed by atoms with Crippen LogP contribution in [-0.4, -0.2) is 64.7 Å². The van der Waals surface area contributed by atoms with E-state index in [2.05, 4.69) is 0 Å². The van der Waals surface area contributed by atoms with Crippen LogP contribution in [0.15, 0.2) is 24.3 Å². The van der Waals surface area contributed by atoms with Gasteiger partial charge in [-0.25, -0.2) is 0 Å². The molecule has 0 amide bonds. The van der Waals surface area contributed by atoms with Gasteiger partial charge in [0.15, 0.2) is 0 Å². The molecule has 41 heavy (non-hydrogen) atoms. The van der Waals surface area contributed by atoms with E-state index in [1.54, 1.807) is 12.1 Å². The summed E-state index contributed by atoms with van der Waals surface area (Å²) in [6, 6.07) is 7.02. The smallest absolute Gasteiger partial charge is 0.339 e. The van der Waals surface area contributed by atoms with Crippen molar-refractivity contribution >= 4 is 34.0 Å². The molecule has 4 fully saturated rings. The summed E-state index contributed by atoms with van der Waals surface area (Å²) in [4.78, 5) is 3.42. The molecule has 15 heteroatoms. The summed E-state index contributed by atoms with van der Waals surface area (Å²) in [6.45, 7) is 0.162. The van der Waals surface area contributed by atoms with Gasteiger partial charge >= 0.3 is 11.8 Å². The highest BCUT2D eigenvalue weighted by Gasteiger charge is 2.82. The van der Waals surface area contributed by atoms with Gasteiger partial charge in [-0.1, -0.05) is 0 Å². The van der Waals surface area contributed by atoms with Crippen LogP contribution in [0.5, 0.6) is 0 Å². The van der Waals surface area contributed by atoms with Gasteiger partial charge in [0.2, 0.25) is 0 Å². The third-order valence-electron chi connectivity index (χ3n) is 8.29. The fourth-order valence-corrected chi connectivity index (χ4v) is 10.4. The fourth-order valence-electron chi connectivity index (χ4n) is 6.61. The van der Waals surface area contributed by atoms with Crippen LogP contribution in [0.1, 0.15) is 20.9 Å². The Morgan fingerprint density at radius 1 is 0.439 bits per heavy atom. The Hall–Kier alpha value is -1.50. The lowest BCUT2D eigenvalue weighted by molar-refractivity contribution is -0.387. The maximum Gasteiger partial charge on any atom is 0.363 e. The van der Waals surface area contributed by atoms with Gasteiger partial charge in [0.05, 0.1) is 62.6 Å². The molecule has 6 aliphatic rings. The second kappa shape index (κ2) is 8.15. The lowest BCUT2D eigenvalue weighted by atomic mass is 10.1. The van der Waals surface area contributed by atoms with E-state index in [0.29, 0.717) is 9.75 Å². The molecule has 4 aliphatic heterocycles. The van der Waals surface area contributed by atoms with E-state index >= 15 is 17.6 Å². The van der Waals surface area contributed by atoms with Crippen LogP contribution in [0.25, 0.3) is 19.5 Å². The molecular weight excluding hydrogens is 612 g/mol. The maximum absolute atomic E-state index is 15.9. The standard InChI is InChI=1S/C26H20F4O8S3/c27-25(28)21(31-3-4-32-21)13-11-17(40-19(13)23(25)35-7-8-36-23)15-1-2-16(39-15)18-12-14-20(41-18)24(37-9-10-38-24)26(29,30)22(14)33-5-6-34-22/h1-2,11-12H,3-10H2. The fraction of sp³-hybridized carbons (Fsp3) is 0.538. The van der Waals surface area contributed by atoms with Crippen molar-refractivity contribution in [2.75, 3.05) is 52.9 Å². The second-order valence-corrected chi connectivity index (χ2v) is 13.5. The van der Waals surface area contributed by atoms with E-state index in [9.17, 15) is 0 Å². The lowest BCUT2D eigenvalue weighted by Crippen LogP contribution is -2.54. The van der Waals surface area contributed by atoms with Crippen molar-refractivity contribution in [1.29, 1.82) is 0 Å². The molecule has 0 saturated carbocycles. The first-order valence-electron chi connectivity index (χ1n) is 13.0. The molecule has 4 spiro atoms. The molecule has 218 valence electrons. The lowest BCUT2D eigenvalue weighted by Gasteiger charge is -2.36. The normalized spacial score (nSPS) is 28.6. The van der Waals surface area contributed by atoms with Gasteiger partial charge in [0.25, 0.3) is 23.1 Å². The first-order chi connectivity index (χ1) is 19.7. The number of ether oxygens (including phenoxy) is 8. The van der Waals surface area contributed by atoms with E-state index in [4.69, 9.17) is 37.9 Å². The topological polar surface area (TPSA) is 73.8 Å². The van der Waals surface area contributed by atoms with E-state index < -0.39 is 35.0 Å². The van der Waals surface area contributed by atoms with Crippen molar-refractivity contribution in [2.45, 2.75) is 35.0 Å². The van der Waals surface area contributed by atoms with Crippen LogP contribution in [0.3, 0.4) is 0 Å². The molecule has 0 unspecified atom stereocenters. The monoisotopic (exact) mass is 632 g/mol. The van der Waals surface area contributed by atoms with Crippen LogP contribution >= 0.6 is 34.0 Å². The van der Waals surface area contributed by atoms with Crippen molar-refractivity contribution in [1.82, 2.24) is 0 Å². The molecule has 3 aromatic rings. The zero-order valence-corrected chi connectivity index (χ0v) is 23.4. The number of hydrogen-bond donors (Lipinski definition) is 0. The Morgan fingerprint density at radius 2 is 0.756 bits per heavy atom. The van der Waals surface area contributed by atoms with E-state index in [1.807, 2.05) is 12.1 Å². The van der Waals surface area contributed by atoms with Crippen LogP contribution in [0, 0.1) is 0 Å². The summed E-state index contributed by atoms with van der Waals surface area (Å²) in [5.41, 5.74) is 0.397. The van der Waals surface area contributed by atoms with E-state index in [-0.39, 0.29) is 73.7 Å². The molecule has 8 nitrogen and oxygen atoms in total. The molecule has 0 radical (unpaired) electrons. The highest BCUT2D eigenvalue weighted by Crippen LogP contribution is 2.68. The Morgan fingerprint density at radius 3 is 1.10 bits per heavy atom. The molecule has 9 rings (SSSR count). The number of halogens is 4. The predicted octanol–water partition coefficient (Wildman–Crippen LogP) is 5.30. The Kier molecular flexibility index (Phi) is 5.16. The zero-order chi connectivity index (χ0) is 27.9.